The highest BCUT2D eigenvalue weighted by atomic mass is 35.5. The molecule has 8 heteroatoms. The predicted octanol–water partition coefficient (Wildman–Crippen LogP) is 4.08. The second kappa shape index (κ2) is 9.71. The number of hydrogen-bond donors (Lipinski definition) is 0. The van der Waals surface area contributed by atoms with Gasteiger partial charge in [-0.05, 0) is 36.1 Å². The lowest BCUT2D eigenvalue weighted by Crippen LogP contribution is -2.39. The molecule has 1 aliphatic rings. The Morgan fingerprint density at radius 3 is 2.60 bits per heavy atom. The third-order valence-corrected chi connectivity index (χ3v) is 5.57. The van der Waals surface area contributed by atoms with Crippen molar-refractivity contribution in [3.8, 4) is 0 Å². The largest absolute Gasteiger partial charge is 0.338 e. The standard InChI is InChI=1S/C22H24ClN3O4/c1-2-11-24(22(28)17-7-8-19(23)20(14-17)26(29)30)13-10-21(27)25-12-9-16-5-3-4-6-18(16)15-25/h3-8,14H,2,9-13,15H2,1H3. The second-order valence-corrected chi connectivity index (χ2v) is 7.71. The molecule has 0 aromatic heterocycles. The molecule has 0 saturated heterocycles. The van der Waals surface area contributed by atoms with Crippen LogP contribution in [-0.4, -0.2) is 46.2 Å². The SMILES string of the molecule is CCCN(CCC(=O)N1CCc2ccccc2C1)C(=O)c1ccc(Cl)c([N+](=O)[O-])c1. The van der Waals surface area contributed by atoms with Gasteiger partial charge in [-0.1, -0.05) is 42.8 Å². The minimum Gasteiger partial charge on any atom is -0.338 e. The van der Waals surface area contributed by atoms with Gasteiger partial charge in [0.2, 0.25) is 5.91 Å². The summed E-state index contributed by atoms with van der Waals surface area (Å²) in [7, 11) is 0. The predicted molar refractivity (Wildman–Crippen MR) is 114 cm³/mol. The highest BCUT2D eigenvalue weighted by Gasteiger charge is 2.24. The van der Waals surface area contributed by atoms with Gasteiger partial charge in [0.15, 0.2) is 0 Å². The molecule has 1 heterocycles. The molecule has 0 atom stereocenters. The number of nitro benzene ring substituents is 1. The maximum absolute atomic E-state index is 12.9. The first-order valence-corrected chi connectivity index (χ1v) is 10.4. The summed E-state index contributed by atoms with van der Waals surface area (Å²) in [5.74, 6) is -0.339. The molecule has 30 heavy (non-hydrogen) atoms. The molecule has 7 nitrogen and oxygen atoms in total. The zero-order valence-corrected chi connectivity index (χ0v) is 17.6. The summed E-state index contributed by atoms with van der Waals surface area (Å²) in [5.41, 5.74) is 2.32. The van der Waals surface area contributed by atoms with Crippen molar-refractivity contribution in [3.05, 3.63) is 74.3 Å². The zero-order chi connectivity index (χ0) is 21.7. The van der Waals surface area contributed by atoms with Gasteiger partial charge < -0.3 is 9.80 Å². The van der Waals surface area contributed by atoms with Gasteiger partial charge in [0.1, 0.15) is 5.02 Å². The molecule has 0 spiro atoms. The Hall–Kier alpha value is -2.93. The van der Waals surface area contributed by atoms with Crippen molar-refractivity contribution in [2.24, 2.45) is 0 Å². The number of nitrogens with zero attached hydrogens (tertiary/aromatic N) is 3. The van der Waals surface area contributed by atoms with E-state index in [4.69, 9.17) is 11.6 Å². The number of halogens is 1. The minimum absolute atomic E-state index is 0.000456. The van der Waals surface area contributed by atoms with Crippen molar-refractivity contribution in [2.75, 3.05) is 19.6 Å². The molecule has 1 aliphatic heterocycles. The third kappa shape index (κ3) is 4.97. The number of nitro groups is 1. The van der Waals surface area contributed by atoms with Gasteiger partial charge in [-0.2, -0.15) is 0 Å². The first-order valence-electron chi connectivity index (χ1n) is 9.98. The molecular weight excluding hydrogens is 406 g/mol. The lowest BCUT2D eigenvalue weighted by atomic mass is 10.00. The average Bonchev–Trinajstić information content (AvgIpc) is 2.75. The molecule has 2 amide bonds. The average molecular weight is 430 g/mol. The number of rotatable bonds is 7. The summed E-state index contributed by atoms with van der Waals surface area (Å²) in [6, 6.07) is 12.1. The molecule has 0 bridgehead atoms. The lowest BCUT2D eigenvalue weighted by Gasteiger charge is -2.30. The molecule has 0 saturated carbocycles. The van der Waals surface area contributed by atoms with Crippen LogP contribution in [0.5, 0.6) is 0 Å². The summed E-state index contributed by atoms with van der Waals surface area (Å²) in [5, 5.41) is 11.1. The van der Waals surface area contributed by atoms with Crippen molar-refractivity contribution >= 4 is 29.1 Å². The molecule has 2 aromatic carbocycles. The van der Waals surface area contributed by atoms with Gasteiger partial charge in [0.25, 0.3) is 11.6 Å². The van der Waals surface area contributed by atoms with Crippen LogP contribution in [0.15, 0.2) is 42.5 Å². The first-order chi connectivity index (χ1) is 14.4. The van der Waals surface area contributed by atoms with Crippen LogP contribution < -0.4 is 0 Å². The Kier molecular flexibility index (Phi) is 7.05. The number of fused-ring (bicyclic) bond motifs is 1. The van der Waals surface area contributed by atoms with Crippen molar-refractivity contribution in [2.45, 2.75) is 32.7 Å². The Balaban J connectivity index is 1.66. The van der Waals surface area contributed by atoms with E-state index in [9.17, 15) is 19.7 Å². The van der Waals surface area contributed by atoms with Gasteiger partial charge in [0.05, 0.1) is 4.92 Å². The molecule has 0 aliphatic carbocycles. The summed E-state index contributed by atoms with van der Waals surface area (Å²) >= 11 is 5.84. The zero-order valence-electron chi connectivity index (χ0n) is 16.8. The topological polar surface area (TPSA) is 83.8 Å². The van der Waals surface area contributed by atoms with Crippen LogP contribution in [0.25, 0.3) is 0 Å². The highest BCUT2D eigenvalue weighted by Crippen LogP contribution is 2.26. The van der Waals surface area contributed by atoms with Gasteiger partial charge in [-0.25, -0.2) is 0 Å². The smallest absolute Gasteiger partial charge is 0.288 e. The van der Waals surface area contributed by atoms with Crippen molar-refractivity contribution < 1.29 is 14.5 Å². The van der Waals surface area contributed by atoms with Crippen molar-refractivity contribution in [1.29, 1.82) is 0 Å². The van der Waals surface area contributed by atoms with E-state index >= 15 is 0 Å². The highest BCUT2D eigenvalue weighted by molar-refractivity contribution is 6.32. The Labute approximate surface area is 180 Å². The Morgan fingerprint density at radius 2 is 1.90 bits per heavy atom. The van der Waals surface area contributed by atoms with E-state index in [0.717, 1.165) is 12.0 Å². The van der Waals surface area contributed by atoms with Crippen molar-refractivity contribution in [3.63, 3.8) is 0 Å². The quantitative estimate of drug-likeness (QED) is 0.490. The maximum Gasteiger partial charge on any atom is 0.288 e. The number of carbonyl (C=O) groups excluding carboxylic acids is 2. The summed E-state index contributed by atoms with van der Waals surface area (Å²) < 4.78 is 0. The van der Waals surface area contributed by atoms with Gasteiger partial charge in [-0.15, -0.1) is 0 Å². The minimum atomic E-state index is -0.610. The van der Waals surface area contributed by atoms with Crippen LogP contribution in [-0.2, 0) is 17.8 Å². The first kappa shape index (κ1) is 21.8. The van der Waals surface area contributed by atoms with E-state index in [-0.39, 0.29) is 41.1 Å². The Bertz CT molecular complexity index is 963. The van der Waals surface area contributed by atoms with Crippen LogP contribution in [0.3, 0.4) is 0 Å². The molecule has 158 valence electrons. The second-order valence-electron chi connectivity index (χ2n) is 7.30. The van der Waals surface area contributed by atoms with Crippen LogP contribution in [0.2, 0.25) is 5.02 Å². The maximum atomic E-state index is 12.9. The van der Waals surface area contributed by atoms with Crippen molar-refractivity contribution in [1.82, 2.24) is 9.80 Å². The number of amides is 2. The number of carbonyl (C=O) groups is 2. The third-order valence-electron chi connectivity index (χ3n) is 5.25. The fourth-order valence-electron chi connectivity index (χ4n) is 3.65. The fraction of sp³-hybridized carbons (Fsp3) is 0.364. The van der Waals surface area contributed by atoms with Gasteiger partial charge in [0, 0.05) is 44.2 Å². The fourth-order valence-corrected chi connectivity index (χ4v) is 3.84. The normalized spacial score (nSPS) is 12.9. The summed E-state index contributed by atoms with van der Waals surface area (Å²) in [4.78, 5) is 39.6. The van der Waals surface area contributed by atoms with E-state index in [0.29, 0.717) is 26.1 Å². The molecule has 3 rings (SSSR count). The van der Waals surface area contributed by atoms with Crippen LogP contribution in [0, 0.1) is 10.1 Å². The molecule has 0 N–H and O–H groups in total. The molecule has 0 unspecified atom stereocenters. The number of hydrogen-bond acceptors (Lipinski definition) is 4. The van der Waals surface area contributed by atoms with E-state index in [1.54, 1.807) is 4.90 Å². The van der Waals surface area contributed by atoms with E-state index in [1.165, 1.54) is 23.8 Å². The molecular formula is C22H24ClN3O4. The van der Waals surface area contributed by atoms with E-state index in [1.807, 2.05) is 30.0 Å². The molecule has 0 fully saturated rings. The van der Waals surface area contributed by atoms with Crippen LogP contribution >= 0.6 is 11.6 Å². The van der Waals surface area contributed by atoms with E-state index < -0.39 is 4.92 Å². The van der Waals surface area contributed by atoms with E-state index in [2.05, 4.69) is 6.07 Å². The molecule has 2 aromatic rings. The lowest BCUT2D eigenvalue weighted by molar-refractivity contribution is -0.384. The Morgan fingerprint density at radius 1 is 1.17 bits per heavy atom. The monoisotopic (exact) mass is 429 g/mol. The van der Waals surface area contributed by atoms with Crippen LogP contribution in [0.1, 0.15) is 41.3 Å². The molecule has 0 radical (unpaired) electrons. The summed E-state index contributed by atoms with van der Waals surface area (Å²) in [6.45, 7) is 3.92. The summed E-state index contributed by atoms with van der Waals surface area (Å²) in [6.07, 6.45) is 1.75. The van der Waals surface area contributed by atoms with Gasteiger partial charge in [-0.3, -0.25) is 19.7 Å². The van der Waals surface area contributed by atoms with Gasteiger partial charge >= 0.3 is 0 Å². The number of benzene rings is 2. The van der Waals surface area contributed by atoms with Crippen LogP contribution in [0.4, 0.5) is 5.69 Å².